The fourth-order valence-electron chi connectivity index (χ4n) is 1.55. The van der Waals surface area contributed by atoms with Gasteiger partial charge in [0, 0.05) is 25.0 Å². The third-order valence-electron chi connectivity index (χ3n) is 2.41. The number of halogens is 2. The SMILES string of the molecule is N=C/C=C1/N=CC(Cc2ccc(Cl)c(Cl)c2)=CN1. The minimum absolute atomic E-state index is 0.555. The van der Waals surface area contributed by atoms with Gasteiger partial charge in [-0.2, -0.15) is 0 Å². The van der Waals surface area contributed by atoms with Crippen LogP contribution in [-0.4, -0.2) is 12.4 Å². The average Bonchev–Trinajstić information content (AvgIpc) is 2.37. The molecule has 0 saturated carbocycles. The van der Waals surface area contributed by atoms with E-state index in [4.69, 9.17) is 28.6 Å². The first-order chi connectivity index (χ1) is 8.69. The van der Waals surface area contributed by atoms with E-state index in [0.717, 1.165) is 17.6 Å². The molecule has 0 saturated heterocycles. The van der Waals surface area contributed by atoms with Crippen molar-refractivity contribution in [2.75, 3.05) is 0 Å². The minimum Gasteiger partial charge on any atom is -0.346 e. The van der Waals surface area contributed by atoms with E-state index >= 15 is 0 Å². The summed E-state index contributed by atoms with van der Waals surface area (Å²) in [5.41, 5.74) is 2.11. The molecule has 3 nitrogen and oxygen atoms in total. The maximum absolute atomic E-state index is 6.95. The van der Waals surface area contributed by atoms with Gasteiger partial charge in [0.25, 0.3) is 0 Å². The topological polar surface area (TPSA) is 48.2 Å². The number of nitrogens with one attached hydrogen (secondary N) is 2. The van der Waals surface area contributed by atoms with E-state index in [1.807, 2.05) is 18.3 Å². The lowest BCUT2D eigenvalue weighted by Crippen LogP contribution is -2.11. The Morgan fingerprint density at radius 3 is 2.72 bits per heavy atom. The molecular formula is C13H11Cl2N3. The number of benzene rings is 1. The number of rotatable bonds is 3. The van der Waals surface area contributed by atoms with Crippen LogP contribution in [0.25, 0.3) is 0 Å². The van der Waals surface area contributed by atoms with Crippen molar-refractivity contribution in [2.45, 2.75) is 6.42 Å². The quantitative estimate of drug-likeness (QED) is 0.817. The van der Waals surface area contributed by atoms with Crippen LogP contribution in [0.15, 0.2) is 46.9 Å². The first-order valence-corrected chi connectivity index (χ1v) is 6.09. The van der Waals surface area contributed by atoms with Gasteiger partial charge in [-0.3, -0.25) is 0 Å². The monoisotopic (exact) mass is 279 g/mol. The average molecular weight is 280 g/mol. The molecule has 2 rings (SSSR count). The summed E-state index contributed by atoms with van der Waals surface area (Å²) < 4.78 is 0. The van der Waals surface area contributed by atoms with Gasteiger partial charge < -0.3 is 10.7 Å². The van der Waals surface area contributed by atoms with Gasteiger partial charge in [-0.15, -0.1) is 0 Å². The summed E-state index contributed by atoms with van der Waals surface area (Å²) in [7, 11) is 0. The maximum atomic E-state index is 6.95. The summed E-state index contributed by atoms with van der Waals surface area (Å²) in [4.78, 5) is 4.18. The third kappa shape index (κ3) is 3.22. The molecule has 0 aromatic heterocycles. The molecule has 0 bridgehead atoms. The van der Waals surface area contributed by atoms with Crippen molar-refractivity contribution in [2.24, 2.45) is 4.99 Å². The van der Waals surface area contributed by atoms with E-state index < -0.39 is 0 Å². The van der Waals surface area contributed by atoms with Crippen molar-refractivity contribution in [3.05, 3.63) is 57.5 Å². The Hall–Kier alpha value is -1.58. The van der Waals surface area contributed by atoms with E-state index in [2.05, 4.69) is 10.3 Å². The van der Waals surface area contributed by atoms with E-state index in [1.54, 1.807) is 18.4 Å². The number of aliphatic imine (C=N–C) groups is 1. The van der Waals surface area contributed by atoms with Crippen LogP contribution in [0.5, 0.6) is 0 Å². The normalized spacial score (nSPS) is 16.3. The second kappa shape index (κ2) is 5.85. The molecule has 2 N–H and O–H groups in total. The molecule has 18 heavy (non-hydrogen) atoms. The molecule has 0 fully saturated rings. The zero-order valence-electron chi connectivity index (χ0n) is 9.45. The van der Waals surface area contributed by atoms with Crippen LogP contribution in [0.4, 0.5) is 0 Å². The van der Waals surface area contributed by atoms with Gasteiger partial charge in [0.05, 0.1) is 10.0 Å². The van der Waals surface area contributed by atoms with Crippen molar-refractivity contribution < 1.29 is 0 Å². The Kier molecular flexibility index (Phi) is 4.18. The Bertz CT molecular complexity index is 559. The highest BCUT2D eigenvalue weighted by Gasteiger charge is 2.05. The van der Waals surface area contributed by atoms with E-state index in [1.165, 1.54) is 6.21 Å². The molecule has 0 atom stereocenters. The molecule has 0 unspecified atom stereocenters. The van der Waals surface area contributed by atoms with Crippen molar-refractivity contribution >= 4 is 35.6 Å². The van der Waals surface area contributed by atoms with Crippen molar-refractivity contribution in [1.82, 2.24) is 5.32 Å². The first-order valence-electron chi connectivity index (χ1n) is 5.33. The maximum Gasteiger partial charge on any atom is 0.131 e. The van der Waals surface area contributed by atoms with Crippen molar-refractivity contribution in [3.8, 4) is 0 Å². The Balaban J connectivity index is 2.07. The lowest BCUT2D eigenvalue weighted by atomic mass is 10.1. The van der Waals surface area contributed by atoms with Gasteiger partial charge in [-0.1, -0.05) is 29.3 Å². The molecule has 0 amide bonds. The predicted molar refractivity (Wildman–Crippen MR) is 76.7 cm³/mol. The van der Waals surface area contributed by atoms with E-state index in [0.29, 0.717) is 15.9 Å². The lowest BCUT2D eigenvalue weighted by Gasteiger charge is -2.10. The molecule has 1 heterocycles. The number of nitrogens with zero attached hydrogens (tertiary/aromatic N) is 1. The van der Waals surface area contributed by atoms with Gasteiger partial charge in [-0.25, -0.2) is 4.99 Å². The van der Waals surface area contributed by atoms with Crippen LogP contribution in [0.3, 0.4) is 0 Å². The Morgan fingerprint density at radius 1 is 1.28 bits per heavy atom. The zero-order chi connectivity index (χ0) is 13.0. The summed E-state index contributed by atoms with van der Waals surface area (Å²) in [6, 6.07) is 5.57. The van der Waals surface area contributed by atoms with Crippen LogP contribution in [0.1, 0.15) is 5.56 Å². The molecule has 0 radical (unpaired) electrons. The lowest BCUT2D eigenvalue weighted by molar-refractivity contribution is 0.991. The third-order valence-corrected chi connectivity index (χ3v) is 3.15. The van der Waals surface area contributed by atoms with Gasteiger partial charge in [0.1, 0.15) is 5.82 Å². The smallest absolute Gasteiger partial charge is 0.131 e. The van der Waals surface area contributed by atoms with Gasteiger partial charge >= 0.3 is 0 Å². The van der Waals surface area contributed by atoms with Crippen LogP contribution in [0, 0.1) is 5.41 Å². The molecule has 92 valence electrons. The highest BCUT2D eigenvalue weighted by atomic mass is 35.5. The summed E-state index contributed by atoms with van der Waals surface area (Å²) in [5, 5.41) is 11.1. The fraction of sp³-hybridized carbons (Fsp3) is 0.0769. The zero-order valence-corrected chi connectivity index (χ0v) is 11.0. The van der Waals surface area contributed by atoms with E-state index in [9.17, 15) is 0 Å². The number of hydrogen-bond donors (Lipinski definition) is 2. The summed E-state index contributed by atoms with van der Waals surface area (Å²) in [6.45, 7) is 0. The number of allylic oxidation sites excluding steroid dienone is 2. The summed E-state index contributed by atoms with van der Waals surface area (Å²) >= 11 is 11.8. The van der Waals surface area contributed by atoms with Gasteiger partial charge in [-0.05, 0) is 29.3 Å². The first kappa shape index (κ1) is 12.9. The van der Waals surface area contributed by atoms with Crippen LogP contribution < -0.4 is 5.32 Å². The van der Waals surface area contributed by atoms with Crippen LogP contribution >= 0.6 is 23.2 Å². The molecule has 1 aromatic rings. The molecule has 0 aliphatic carbocycles. The molecule has 1 aliphatic heterocycles. The summed E-state index contributed by atoms with van der Waals surface area (Å²) in [6.07, 6.45) is 7.14. The fourth-order valence-corrected chi connectivity index (χ4v) is 1.87. The number of hydrogen-bond acceptors (Lipinski definition) is 3. The second-order valence-electron chi connectivity index (χ2n) is 3.77. The molecular weight excluding hydrogens is 269 g/mol. The minimum atomic E-state index is 0.555. The highest BCUT2D eigenvalue weighted by molar-refractivity contribution is 6.42. The predicted octanol–water partition coefficient (Wildman–Crippen LogP) is 3.58. The van der Waals surface area contributed by atoms with Crippen molar-refractivity contribution in [3.63, 3.8) is 0 Å². The van der Waals surface area contributed by atoms with Crippen molar-refractivity contribution in [1.29, 1.82) is 5.41 Å². The molecule has 1 aromatic carbocycles. The van der Waals surface area contributed by atoms with Crippen LogP contribution in [-0.2, 0) is 6.42 Å². The highest BCUT2D eigenvalue weighted by Crippen LogP contribution is 2.23. The Morgan fingerprint density at radius 2 is 2.11 bits per heavy atom. The molecule has 1 aliphatic rings. The molecule has 0 spiro atoms. The van der Waals surface area contributed by atoms with E-state index in [-0.39, 0.29) is 0 Å². The Labute approximate surface area is 115 Å². The second-order valence-corrected chi connectivity index (χ2v) is 4.58. The van der Waals surface area contributed by atoms with Gasteiger partial charge in [0.2, 0.25) is 0 Å². The largest absolute Gasteiger partial charge is 0.346 e. The van der Waals surface area contributed by atoms with Gasteiger partial charge in [0.15, 0.2) is 0 Å². The summed E-state index contributed by atoms with van der Waals surface area (Å²) in [5.74, 6) is 0.655. The standard InChI is InChI=1S/C13H11Cl2N3/c14-11-2-1-9(6-12(11)15)5-10-7-17-13(3-4-16)18-8-10/h1-4,6-8,16-17H,5H2/b13-3+,16-4?. The van der Waals surface area contributed by atoms with Crippen LogP contribution in [0.2, 0.25) is 10.0 Å². The molecule has 5 heteroatoms.